The van der Waals surface area contributed by atoms with Crippen molar-refractivity contribution < 1.29 is 22.8 Å². The van der Waals surface area contributed by atoms with Crippen LogP contribution in [0.2, 0.25) is 0 Å². The van der Waals surface area contributed by atoms with Gasteiger partial charge in [-0.05, 0) is 43.9 Å². The highest BCUT2D eigenvalue weighted by Gasteiger charge is 2.37. The molecule has 2 unspecified atom stereocenters. The van der Waals surface area contributed by atoms with E-state index in [1.807, 2.05) is 0 Å². The van der Waals surface area contributed by atoms with E-state index < -0.39 is 23.6 Å². The van der Waals surface area contributed by atoms with Crippen LogP contribution in [0.5, 0.6) is 0 Å². The highest BCUT2D eigenvalue weighted by Crippen LogP contribution is 2.33. The highest BCUT2D eigenvalue weighted by molar-refractivity contribution is 5.97. The first-order chi connectivity index (χ1) is 12.1. The lowest BCUT2D eigenvalue weighted by atomic mass is 9.97. The van der Waals surface area contributed by atoms with E-state index in [0.29, 0.717) is 12.1 Å². The number of halogens is 3. The van der Waals surface area contributed by atoms with E-state index >= 15 is 0 Å². The van der Waals surface area contributed by atoms with Crippen LogP contribution in [0.25, 0.3) is 0 Å². The van der Waals surface area contributed by atoms with Gasteiger partial charge in [0.25, 0.3) is 5.91 Å². The van der Waals surface area contributed by atoms with Crippen LogP contribution in [0.1, 0.15) is 48.5 Å². The van der Waals surface area contributed by atoms with E-state index in [4.69, 9.17) is 0 Å². The Labute approximate surface area is 149 Å². The predicted molar refractivity (Wildman–Crippen MR) is 90.8 cm³/mol. The molecule has 0 radical (unpaired) electrons. The topological polar surface area (TPSA) is 61.4 Å². The van der Waals surface area contributed by atoms with Crippen LogP contribution in [0, 0.1) is 0 Å². The van der Waals surface area contributed by atoms with E-state index in [9.17, 15) is 22.8 Å². The van der Waals surface area contributed by atoms with Crippen LogP contribution in [0.4, 0.5) is 18.9 Å². The number of fused-ring (bicyclic) bond motifs is 2. The first-order valence-electron chi connectivity index (χ1n) is 8.66. The summed E-state index contributed by atoms with van der Waals surface area (Å²) in [6.45, 7) is 1.21. The second kappa shape index (κ2) is 6.90. The Bertz CT molecular complexity index is 708. The van der Waals surface area contributed by atoms with Gasteiger partial charge in [0.1, 0.15) is 0 Å². The van der Waals surface area contributed by atoms with Crippen LogP contribution in [-0.4, -0.2) is 41.9 Å². The molecule has 3 rings (SSSR count). The van der Waals surface area contributed by atoms with Crippen LogP contribution in [-0.2, 0) is 11.0 Å². The van der Waals surface area contributed by atoms with Gasteiger partial charge in [0.2, 0.25) is 5.91 Å². The molecule has 2 heterocycles. The zero-order valence-corrected chi connectivity index (χ0v) is 14.7. The number of carbonyl (C=O) groups excluding carboxylic acids is 2. The normalized spacial score (nSPS) is 25.0. The maximum atomic E-state index is 13.2. The fourth-order valence-corrected chi connectivity index (χ4v) is 3.90. The molecule has 2 atom stereocenters. The average molecular weight is 369 g/mol. The molecule has 8 heteroatoms. The third-order valence-corrected chi connectivity index (χ3v) is 5.14. The van der Waals surface area contributed by atoms with Gasteiger partial charge >= 0.3 is 6.18 Å². The van der Waals surface area contributed by atoms with Crippen molar-refractivity contribution in [2.45, 2.75) is 56.9 Å². The summed E-state index contributed by atoms with van der Waals surface area (Å²) in [6, 6.07) is 3.71. The molecule has 1 aromatic rings. The zero-order chi connectivity index (χ0) is 19.1. The second-order valence-electron chi connectivity index (χ2n) is 7.16. The van der Waals surface area contributed by atoms with Crippen molar-refractivity contribution in [3.63, 3.8) is 0 Å². The third-order valence-electron chi connectivity index (χ3n) is 5.14. The first kappa shape index (κ1) is 18.7. The minimum absolute atomic E-state index is 0.00000845. The smallest absolute Gasteiger partial charge is 0.339 e. The summed E-state index contributed by atoms with van der Waals surface area (Å²) in [6.07, 6.45) is -0.860. The Hall–Kier alpha value is -2.09. The number of benzene rings is 1. The Morgan fingerprint density at radius 3 is 2.31 bits per heavy atom. The van der Waals surface area contributed by atoms with Gasteiger partial charge in [-0.25, -0.2) is 0 Å². The van der Waals surface area contributed by atoms with Crippen LogP contribution in [0.3, 0.4) is 0 Å². The van der Waals surface area contributed by atoms with Crippen molar-refractivity contribution in [1.82, 2.24) is 10.2 Å². The summed E-state index contributed by atoms with van der Waals surface area (Å²) in [5.74, 6) is -0.958. The summed E-state index contributed by atoms with van der Waals surface area (Å²) < 4.78 is 39.5. The molecule has 2 aliphatic heterocycles. The number of hydrogen-bond acceptors (Lipinski definition) is 3. The molecule has 2 aliphatic rings. The fraction of sp³-hybridized carbons (Fsp3) is 0.556. The minimum atomic E-state index is -4.60. The molecule has 5 nitrogen and oxygen atoms in total. The lowest BCUT2D eigenvalue weighted by Crippen LogP contribution is -2.48. The minimum Gasteiger partial charge on any atom is -0.339 e. The second-order valence-corrected chi connectivity index (χ2v) is 7.16. The van der Waals surface area contributed by atoms with Gasteiger partial charge in [0, 0.05) is 43.3 Å². The van der Waals surface area contributed by atoms with Gasteiger partial charge in [0.05, 0.1) is 5.56 Å². The fourth-order valence-electron chi connectivity index (χ4n) is 3.90. The number of nitrogens with zero attached hydrogens (tertiary/aromatic N) is 1. The van der Waals surface area contributed by atoms with Crippen LogP contribution < -0.4 is 10.6 Å². The zero-order valence-electron chi connectivity index (χ0n) is 14.7. The molecule has 0 spiro atoms. The Morgan fingerprint density at radius 2 is 1.77 bits per heavy atom. The number of anilines is 1. The number of amides is 2. The molecule has 2 amide bonds. The summed E-state index contributed by atoms with van der Waals surface area (Å²) >= 11 is 0. The van der Waals surface area contributed by atoms with E-state index in [2.05, 4.69) is 10.6 Å². The van der Waals surface area contributed by atoms with Gasteiger partial charge < -0.3 is 15.5 Å². The molecule has 2 fully saturated rings. The molecule has 1 aromatic carbocycles. The Morgan fingerprint density at radius 1 is 1.15 bits per heavy atom. The molecule has 2 N–H and O–H groups in total. The highest BCUT2D eigenvalue weighted by atomic mass is 19.4. The van der Waals surface area contributed by atoms with Gasteiger partial charge in [-0.1, -0.05) is 0 Å². The maximum absolute atomic E-state index is 13.2. The molecular formula is C18H22F3N3O2. The summed E-state index contributed by atoms with van der Waals surface area (Å²) in [4.78, 5) is 25.6. The number of rotatable bonds is 3. The van der Waals surface area contributed by atoms with Crippen molar-refractivity contribution in [2.24, 2.45) is 0 Å². The first-order valence-corrected chi connectivity index (χ1v) is 8.66. The SMILES string of the molecule is CC(=O)Nc1cc(C(=O)N(C)C2CC3CCC(C2)N3)cc(C(F)(F)F)c1. The Balaban J connectivity index is 1.86. The number of alkyl halides is 3. The van der Waals surface area contributed by atoms with Gasteiger partial charge in [-0.15, -0.1) is 0 Å². The number of hydrogen-bond donors (Lipinski definition) is 2. The van der Waals surface area contributed by atoms with Gasteiger partial charge in [-0.2, -0.15) is 13.2 Å². The van der Waals surface area contributed by atoms with Gasteiger partial charge in [-0.3, -0.25) is 9.59 Å². The molecule has 142 valence electrons. The van der Waals surface area contributed by atoms with Crippen molar-refractivity contribution >= 4 is 17.5 Å². The predicted octanol–water partition coefficient (Wildman–Crippen LogP) is 3.02. The number of carbonyl (C=O) groups is 2. The quantitative estimate of drug-likeness (QED) is 0.861. The summed E-state index contributed by atoms with van der Waals surface area (Å²) in [7, 11) is 1.64. The van der Waals surface area contributed by atoms with E-state index in [0.717, 1.165) is 37.8 Å². The number of nitrogens with one attached hydrogen (secondary N) is 2. The van der Waals surface area contributed by atoms with Crippen molar-refractivity contribution in [1.29, 1.82) is 0 Å². The van der Waals surface area contributed by atoms with E-state index in [1.54, 1.807) is 11.9 Å². The molecule has 0 aromatic heterocycles. The third kappa shape index (κ3) is 4.00. The standard InChI is InChI=1S/C18H22F3N3O2/c1-10(25)22-15-6-11(5-12(7-15)18(19,20)21)17(26)24(2)16-8-13-3-4-14(9-16)23-13/h5-7,13-14,16,23H,3-4,8-9H2,1-2H3,(H,22,25). The largest absolute Gasteiger partial charge is 0.416 e. The van der Waals surface area contributed by atoms with E-state index in [-0.39, 0.29) is 17.3 Å². The summed E-state index contributed by atoms with van der Waals surface area (Å²) in [5, 5.41) is 5.81. The van der Waals surface area contributed by atoms with Crippen LogP contribution in [0.15, 0.2) is 18.2 Å². The van der Waals surface area contributed by atoms with Crippen molar-refractivity contribution in [3.8, 4) is 0 Å². The molecular weight excluding hydrogens is 347 g/mol. The summed E-state index contributed by atoms with van der Waals surface area (Å²) in [5.41, 5.74) is -1.06. The average Bonchev–Trinajstić information content (AvgIpc) is 2.89. The molecule has 2 saturated heterocycles. The molecule has 0 saturated carbocycles. The van der Waals surface area contributed by atoms with Crippen LogP contribution >= 0.6 is 0 Å². The number of piperidine rings is 1. The van der Waals surface area contributed by atoms with E-state index in [1.165, 1.54) is 13.0 Å². The monoisotopic (exact) mass is 369 g/mol. The maximum Gasteiger partial charge on any atom is 0.416 e. The van der Waals surface area contributed by atoms with Crippen molar-refractivity contribution in [3.05, 3.63) is 29.3 Å². The lowest BCUT2D eigenvalue weighted by molar-refractivity contribution is -0.137. The molecule has 26 heavy (non-hydrogen) atoms. The Kier molecular flexibility index (Phi) is 4.96. The van der Waals surface area contributed by atoms with Gasteiger partial charge in [0.15, 0.2) is 0 Å². The lowest BCUT2D eigenvalue weighted by Gasteiger charge is -2.35. The molecule has 2 bridgehead atoms. The van der Waals surface area contributed by atoms with Crippen molar-refractivity contribution in [2.75, 3.05) is 12.4 Å². The molecule has 0 aliphatic carbocycles.